The van der Waals surface area contributed by atoms with Crippen LogP contribution in [0.4, 0.5) is 0 Å². The Labute approximate surface area is 97.1 Å². The third-order valence-electron chi connectivity index (χ3n) is 2.79. The fraction of sp³-hybridized carbons (Fsp3) is 0.667. The van der Waals surface area contributed by atoms with Gasteiger partial charge >= 0.3 is 0 Å². The van der Waals surface area contributed by atoms with Crippen LogP contribution in [0.15, 0.2) is 16.8 Å². The van der Waals surface area contributed by atoms with Crippen molar-refractivity contribution in [3.05, 3.63) is 22.4 Å². The molecule has 0 amide bonds. The van der Waals surface area contributed by atoms with Crippen LogP contribution in [-0.4, -0.2) is 30.6 Å². The van der Waals surface area contributed by atoms with Gasteiger partial charge in [-0.05, 0) is 54.9 Å². The molecule has 0 aliphatic rings. The number of nitrogens with two attached hydrogens (primary N) is 1. The third-order valence-corrected chi connectivity index (χ3v) is 3.52. The average molecular weight is 226 g/mol. The van der Waals surface area contributed by atoms with E-state index >= 15 is 0 Å². The fourth-order valence-electron chi connectivity index (χ4n) is 1.70. The first-order chi connectivity index (χ1) is 7.26. The number of rotatable bonds is 7. The summed E-state index contributed by atoms with van der Waals surface area (Å²) in [5.41, 5.74) is 7.48. The molecule has 1 aromatic heterocycles. The number of thiophene rings is 1. The Morgan fingerprint density at radius 3 is 2.67 bits per heavy atom. The molecule has 0 saturated carbocycles. The van der Waals surface area contributed by atoms with Crippen LogP contribution < -0.4 is 5.73 Å². The zero-order chi connectivity index (χ0) is 11.1. The molecule has 0 aliphatic heterocycles. The van der Waals surface area contributed by atoms with E-state index in [1.807, 2.05) is 0 Å². The Morgan fingerprint density at radius 2 is 2.13 bits per heavy atom. The van der Waals surface area contributed by atoms with Crippen LogP contribution in [0, 0.1) is 0 Å². The molecular weight excluding hydrogens is 204 g/mol. The summed E-state index contributed by atoms with van der Waals surface area (Å²) < 4.78 is 0. The summed E-state index contributed by atoms with van der Waals surface area (Å²) in [4.78, 5) is 2.42. The summed E-state index contributed by atoms with van der Waals surface area (Å²) in [5.74, 6) is 0. The maximum atomic E-state index is 6.10. The van der Waals surface area contributed by atoms with E-state index in [2.05, 4.69) is 35.6 Å². The molecule has 15 heavy (non-hydrogen) atoms. The lowest BCUT2D eigenvalue weighted by molar-refractivity contribution is 0.290. The van der Waals surface area contributed by atoms with Gasteiger partial charge in [0.25, 0.3) is 0 Å². The van der Waals surface area contributed by atoms with Crippen molar-refractivity contribution in [2.45, 2.75) is 32.7 Å². The highest BCUT2D eigenvalue weighted by Crippen LogP contribution is 2.09. The molecule has 0 bridgehead atoms. The first-order valence-corrected chi connectivity index (χ1v) is 6.69. The number of hydrogen-bond acceptors (Lipinski definition) is 3. The highest BCUT2D eigenvalue weighted by Gasteiger charge is 2.06. The van der Waals surface area contributed by atoms with E-state index in [-0.39, 0.29) is 0 Å². The van der Waals surface area contributed by atoms with Gasteiger partial charge in [-0.1, -0.05) is 13.8 Å². The van der Waals surface area contributed by atoms with Gasteiger partial charge in [-0.2, -0.15) is 11.3 Å². The van der Waals surface area contributed by atoms with Crippen LogP contribution in [0.2, 0.25) is 0 Å². The van der Waals surface area contributed by atoms with Gasteiger partial charge in [0.1, 0.15) is 0 Å². The molecule has 0 aromatic carbocycles. The van der Waals surface area contributed by atoms with Crippen LogP contribution in [-0.2, 0) is 6.42 Å². The lowest BCUT2D eigenvalue weighted by Gasteiger charge is -2.20. The quantitative estimate of drug-likeness (QED) is 0.773. The summed E-state index contributed by atoms with van der Waals surface area (Å²) >= 11 is 1.75. The Morgan fingerprint density at radius 1 is 1.40 bits per heavy atom. The molecule has 0 saturated heterocycles. The molecular formula is C12H22N2S. The minimum atomic E-state index is 0.306. The summed E-state index contributed by atoms with van der Waals surface area (Å²) in [6.45, 7) is 7.78. The van der Waals surface area contributed by atoms with Crippen molar-refractivity contribution in [1.82, 2.24) is 4.90 Å². The van der Waals surface area contributed by atoms with Crippen molar-refractivity contribution in [1.29, 1.82) is 0 Å². The summed E-state index contributed by atoms with van der Waals surface area (Å²) in [6.07, 6.45) is 2.11. The zero-order valence-corrected chi connectivity index (χ0v) is 10.6. The Hall–Kier alpha value is -0.380. The molecule has 0 fully saturated rings. The average Bonchev–Trinajstić information content (AvgIpc) is 2.72. The van der Waals surface area contributed by atoms with Gasteiger partial charge in [0.2, 0.25) is 0 Å². The lowest BCUT2D eigenvalue weighted by Crippen LogP contribution is -2.31. The number of hydrogen-bond donors (Lipinski definition) is 1. The van der Waals surface area contributed by atoms with Crippen molar-refractivity contribution in [2.75, 3.05) is 19.6 Å². The van der Waals surface area contributed by atoms with Crippen molar-refractivity contribution in [3.8, 4) is 0 Å². The SMILES string of the molecule is CCN(CC)CCC(N)Cc1ccsc1. The summed E-state index contributed by atoms with van der Waals surface area (Å²) in [5, 5.41) is 4.31. The largest absolute Gasteiger partial charge is 0.327 e. The molecule has 1 atom stereocenters. The van der Waals surface area contributed by atoms with E-state index in [9.17, 15) is 0 Å². The molecule has 0 spiro atoms. The lowest BCUT2D eigenvalue weighted by atomic mass is 10.1. The molecule has 1 heterocycles. The molecule has 3 heteroatoms. The molecule has 2 nitrogen and oxygen atoms in total. The summed E-state index contributed by atoms with van der Waals surface area (Å²) in [6, 6.07) is 2.47. The Kier molecular flexibility index (Phi) is 5.91. The molecule has 1 rings (SSSR count). The molecule has 0 radical (unpaired) electrons. The maximum absolute atomic E-state index is 6.10. The second-order valence-electron chi connectivity index (χ2n) is 3.91. The monoisotopic (exact) mass is 226 g/mol. The smallest absolute Gasteiger partial charge is 0.00917 e. The normalized spacial score (nSPS) is 13.3. The predicted octanol–water partition coefficient (Wildman–Crippen LogP) is 2.35. The van der Waals surface area contributed by atoms with Gasteiger partial charge in [-0.15, -0.1) is 0 Å². The van der Waals surface area contributed by atoms with E-state index in [1.54, 1.807) is 11.3 Å². The van der Waals surface area contributed by atoms with Crippen molar-refractivity contribution < 1.29 is 0 Å². The van der Waals surface area contributed by atoms with E-state index in [0.717, 1.165) is 32.5 Å². The predicted molar refractivity (Wildman–Crippen MR) is 68.4 cm³/mol. The van der Waals surface area contributed by atoms with Gasteiger partial charge in [0.05, 0.1) is 0 Å². The highest BCUT2D eigenvalue weighted by atomic mass is 32.1. The first-order valence-electron chi connectivity index (χ1n) is 5.75. The zero-order valence-electron chi connectivity index (χ0n) is 9.78. The van der Waals surface area contributed by atoms with Gasteiger partial charge in [-0.3, -0.25) is 0 Å². The van der Waals surface area contributed by atoms with E-state index in [0.29, 0.717) is 6.04 Å². The van der Waals surface area contributed by atoms with Gasteiger partial charge in [-0.25, -0.2) is 0 Å². The standard InChI is InChI=1S/C12H22N2S/c1-3-14(4-2)7-5-12(13)9-11-6-8-15-10-11/h6,8,10,12H,3-5,7,9,13H2,1-2H3. The molecule has 0 aliphatic carbocycles. The van der Waals surface area contributed by atoms with Crippen LogP contribution >= 0.6 is 11.3 Å². The van der Waals surface area contributed by atoms with Crippen LogP contribution in [0.1, 0.15) is 25.8 Å². The van der Waals surface area contributed by atoms with Crippen molar-refractivity contribution in [3.63, 3.8) is 0 Å². The maximum Gasteiger partial charge on any atom is 0.00917 e. The highest BCUT2D eigenvalue weighted by molar-refractivity contribution is 7.07. The number of nitrogens with zero attached hydrogens (tertiary/aromatic N) is 1. The van der Waals surface area contributed by atoms with Crippen molar-refractivity contribution >= 4 is 11.3 Å². The Balaban J connectivity index is 2.21. The molecule has 1 unspecified atom stereocenters. The van der Waals surface area contributed by atoms with E-state index < -0.39 is 0 Å². The third kappa shape index (κ3) is 4.78. The van der Waals surface area contributed by atoms with Gasteiger partial charge < -0.3 is 10.6 Å². The van der Waals surface area contributed by atoms with E-state index in [1.165, 1.54) is 5.56 Å². The Bertz CT molecular complexity index is 242. The minimum Gasteiger partial charge on any atom is -0.327 e. The first kappa shape index (κ1) is 12.7. The van der Waals surface area contributed by atoms with E-state index in [4.69, 9.17) is 5.73 Å². The summed E-state index contributed by atoms with van der Waals surface area (Å²) in [7, 11) is 0. The fourth-order valence-corrected chi connectivity index (χ4v) is 2.38. The van der Waals surface area contributed by atoms with Crippen LogP contribution in [0.3, 0.4) is 0 Å². The van der Waals surface area contributed by atoms with Gasteiger partial charge in [0.15, 0.2) is 0 Å². The minimum absolute atomic E-state index is 0.306. The molecule has 2 N–H and O–H groups in total. The van der Waals surface area contributed by atoms with Crippen LogP contribution in [0.25, 0.3) is 0 Å². The van der Waals surface area contributed by atoms with Crippen molar-refractivity contribution in [2.24, 2.45) is 5.73 Å². The van der Waals surface area contributed by atoms with Gasteiger partial charge in [0, 0.05) is 6.04 Å². The second-order valence-corrected chi connectivity index (χ2v) is 4.69. The molecule has 86 valence electrons. The molecule has 1 aromatic rings. The second kappa shape index (κ2) is 6.99. The van der Waals surface area contributed by atoms with Crippen LogP contribution in [0.5, 0.6) is 0 Å². The topological polar surface area (TPSA) is 29.3 Å².